The number of aryl methyl sites for hydroxylation is 1. The maximum atomic E-state index is 11.5. The van der Waals surface area contributed by atoms with Gasteiger partial charge in [0.1, 0.15) is 0 Å². The van der Waals surface area contributed by atoms with Crippen molar-refractivity contribution in [2.24, 2.45) is 0 Å². The van der Waals surface area contributed by atoms with Crippen LogP contribution in [-0.4, -0.2) is 17.9 Å². The number of carbonyl (C=O) groups is 1. The summed E-state index contributed by atoms with van der Waals surface area (Å²) in [6.45, 7) is 2.16. The number of hydrogen-bond donors (Lipinski definition) is 1. The number of carboxylic acids is 1. The molecule has 0 fully saturated rings. The fourth-order valence-electron chi connectivity index (χ4n) is 2.16. The van der Waals surface area contributed by atoms with Gasteiger partial charge in [0.25, 0.3) is 0 Å². The van der Waals surface area contributed by atoms with Crippen LogP contribution in [0.4, 0.5) is 0 Å². The lowest BCUT2D eigenvalue weighted by atomic mass is 10.0. The maximum Gasteiger partial charge on any atom is 0.336 e. The van der Waals surface area contributed by atoms with Crippen LogP contribution in [0.25, 0.3) is 11.6 Å². The smallest absolute Gasteiger partial charge is 0.336 e. The van der Waals surface area contributed by atoms with Crippen molar-refractivity contribution in [3.8, 4) is 11.5 Å². The van der Waals surface area contributed by atoms with Gasteiger partial charge in [0.05, 0.1) is 5.57 Å². The molecule has 1 aliphatic heterocycles. The zero-order chi connectivity index (χ0) is 14.8. The van der Waals surface area contributed by atoms with E-state index in [1.807, 2.05) is 31.2 Å². The lowest BCUT2D eigenvalue weighted by Gasteiger charge is -2.05. The van der Waals surface area contributed by atoms with Gasteiger partial charge in [-0.25, -0.2) is 4.79 Å². The van der Waals surface area contributed by atoms with Crippen molar-refractivity contribution in [3.05, 3.63) is 59.2 Å². The van der Waals surface area contributed by atoms with Crippen molar-refractivity contribution in [2.75, 3.05) is 6.79 Å². The number of hydrogen-bond acceptors (Lipinski definition) is 3. The molecule has 1 heterocycles. The molecule has 4 nitrogen and oxygen atoms in total. The number of carboxylic acid groups (broad SMARTS) is 1. The fraction of sp³-hybridized carbons (Fsp3) is 0.118. The van der Waals surface area contributed by atoms with E-state index in [-0.39, 0.29) is 12.4 Å². The van der Waals surface area contributed by atoms with Gasteiger partial charge in [0.15, 0.2) is 11.5 Å². The van der Waals surface area contributed by atoms with E-state index < -0.39 is 5.97 Å². The lowest BCUT2D eigenvalue weighted by molar-refractivity contribution is -0.130. The largest absolute Gasteiger partial charge is 0.478 e. The topological polar surface area (TPSA) is 55.8 Å². The molecule has 0 aliphatic carbocycles. The molecule has 0 unspecified atom stereocenters. The average Bonchev–Trinajstić information content (AvgIpc) is 2.93. The van der Waals surface area contributed by atoms with Gasteiger partial charge >= 0.3 is 5.97 Å². The highest BCUT2D eigenvalue weighted by Crippen LogP contribution is 2.34. The summed E-state index contributed by atoms with van der Waals surface area (Å²) in [4.78, 5) is 11.5. The Kier molecular flexibility index (Phi) is 3.36. The second-order valence-electron chi connectivity index (χ2n) is 4.84. The number of benzene rings is 2. The van der Waals surface area contributed by atoms with Gasteiger partial charge in [-0.2, -0.15) is 0 Å². The predicted molar refractivity (Wildman–Crippen MR) is 79.3 cm³/mol. The van der Waals surface area contributed by atoms with Crippen molar-refractivity contribution in [3.63, 3.8) is 0 Å². The Morgan fingerprint density at radius 3 is 2.52 bits per heavy atom. The van der Waals surface area contributed by atoms with Crippen LogP contribution in [0, 0.1) is 6.92 Å². The molecule has 0 saturated heterocycles. The van der Waals surface area contributed by atoms with Crippen molar-refractivity contribution in [1.29, 1.82) is 0 Å². The van der Waals surface area contributed by atoms with E-state index in [1.165, 1.54) is 0 Å². The van der Waals surface area contributed by atoms with E-state index >= 15 is 0 Å². The summed E-state index contributed by atoms with van der Waals surface area (Å²) < 4.78 is 10.5. The molecule has 0 atom stereocenters. The van der Waals surface area contributed by atoms with Gasteiger partial charge in [-0.05, 0) is 36.3 Å². The molecule has 106 valence electrons. The minimum absolute atomic E-state index is 0.170. The molecule has 1 aliphatic rings. The normalized spacial score (nSPS) is 13.3. The van der Waals surface area contributed by atoms with Crippen LogP contribution in [0.2, 0.25) is 0 Å². The minimum Gasteiger partial charge on any atom is -0.478 e. The molecule has 0 radical (unpaired) electrons. The van der Waals surface area contributed by atoms with E-state index in [4.69, 9.17) is 9.47 Å². The van der Waals surface area contributed by atoms with Gasteiger partial charge in [0, 0.05) is 0 Å². The first-order valence-electron chi connectivity index (χ1n) is 6.55. The number of rotatable bonds is 3. The number of aliphatic carboxylic acids is 1. The van der Waals surface area contributed by atoms with Gasteiger partial charge in [-0.3, -0.25) is 0 Å². The van der Waals surface area contributed by atoms with E-state index in [0.29, 0.717) is 17.1 Å². The molecule has 0 aromatic heterocycles. The zero-order valence-electron chi connectivity index (χ0n) is 11.5. The van der Waals surface area contributed by atoms with Crippen molar-refractivity contribution < 1.29 is 19.4 Å². The molecule has 2 aromatic rings. The second-order valence-corrected chi connectivity index (χ2v) is 4.84. The third-order valence-corrected chi connectivity index (χ3v) is 3.30. The van der Waals surface area contributed by atoms with Crippen LogP contribution in [0.3, 0.4) is 0 Å². The van der Waals surface area contributed by atoms with Gasteiger partial charge < -0.3 is 14.6 Å². The first-order chi connectivity index (χ1) is 10.1. The molecule has 0 spiro atoms. The predicted octanol–water partition coefficient (Wildman–Crippen LogP) is 3.35. The van der Waals surface area contributed by atoms with E-state index in [0.717, 1.165) is 11.1 Å². The molecule has 4 heteroatoms. The third kappa shape index (κ3) is 2.74. The number of ether oxygens (including phenoxy) is 2. The van der Waals surface area contributed by atoms with E-state index in [2.05, 4.69) is 0 Å². The lowest BCUT2D eigenvalue weighted by Crippen LogP contribution is -1.99. The quantitative estimate of drug-likeness (QED) is 0.693. The van der Waals surface area contributed by atoms with Gasteiger partial charge in [-0.1, -0.05) is 35.9 Å². The van der Waals surface area contributed by atoms with Crippen molar-refractivity contribution in [2.45, 2.75) is 6.92 Å². The standard InChI is InChI=1S/C17H14O4/c1-11-2-4-12(5-3-11)8-14(17(18)19)13-6-7-15-16(9-13)21-10-20-15/h2-9H,10H2,1H3,(H,18,19)/b14-8+. The maximum absolute atomic E-state index is 11.5. The summed E-state index contributed by atoms with van der Waals surface area (Å²) in [5.74, 6) is 0.233. The molecule has 1 N–H and O–H groups in total. The number of fused-ring (bicyclic) bond motifs is 1. The fourth-order valence-corrected chi connectivity index (χ4v) is 2.16. The molecule has 2 aromatic carbocycles. The van der Waals surface area contributed by atoms with Crippen LogP contribution < -0.4 is 9.47 Å². The molecule has 0 bridgehead atoms. The second kappa shape index (κ2) is 5.32. The highest BCUT2D eigenvalue weighted by molar-refractivity contribution is 6.20. The Morgan fingerprint density at radius 2 is 1.81 bits per heavy atom. The molecule has 3 rings (SSSR count). The summed E-state index contributed by atoms with van der Waals surface area (Å²) in [7, 11) is 0. The first-order valence-corrected chi connectivity index (χ1v) is 6.55. The van der Waals surface area contributed by atoms with Crippen LogP contribution >= 0.6 is 0 Å². The monoisotopic (exact) mass is 282 g/mol. The average molecular weight is 282 g/mol. The Balaban J connectivity index is 2.02. The van der Waals surface area contributed by atoms with Crippen LogP contribution in [0.15, 0.2) is 42.5 Å². The highest BCUT2D eigenvalue weighted by atomic mass is 16.7. The Labute approximate surface area is 122 Å². The van der Waals surface area contributed by atoms with E-state index in [1.54, 1.807) is 24.3 Å². The molecular formula is C17H14O4. The summed E-state index contributed by atoms with van der Waals surface area (Å²) in [6.07, 6.45) is 1.65. The van der Waals surface area contributed by atoms with Crippen molar-refractivity contribution in [1.82, 2.24) is 0 Å². The van der Waals surface area contributed by atoms with Crippen LogP contribution in [0.1, 0.15) is 16.7 Å². The Hall–Kier alpha value is -2.75. The summed E-state index contributed by atoms with van der Waals surface area (Å²) in [5, 5.41) is 9.45. The summed E-state index contributed by atoms with van der Waals surface area (Å²) in [6, 6.07) is 12.8. The van der Waals surface area contributed by atoms with Gasteiger partial charge in [0.2, 0.25) is 6.79 Å². The van der Waals surface area contributed by atoms with Crippen molar-refractivity contribution >= 4 is 17.6 Å². The van der Waals surface area contributed by atoms with Crippen LogP contribution in [0.5, 0.6) is 11.5 Å². The molecule has 0 amide bonds. The zero-order valence-corrected chi connectivity index (χ0v) is 11.5. The van der Waals surface area contributed by atoms with E-state index in [9.17, 15) is 9.90 Å². The first kappa shape index (κ1) is 13.2. The minimum atomic E-state index is -0.977. The van der Waals surface area contributed by atoms with Gasteiger partial charge in [-0.15, -0.1) is 0 Å². The summed E-state index contributed by atoms with van der Waals surface area (Å²) >= 11 is 0. The molecule has 0 saturated carbocycles. The molecular weight excluding hydrogens is 268 g/mol. The Morgan fingerprint density at radius 1 is 1.10 bits per heavy atom. The molecule has 21 heavy (non-hydrogen) atoms. The SMILES string of the molecule is Cc1ccc(/C=C(/C(=O)O)c2ccc3c(c2)OCO3)cc1. The van der Waals surface area contributed by atoms with Crippen LogP contribution in [-0.2, 0) is 4.79 Å². The summed E-state index contributed by atoms with van der Waals surface area (Å²) in [5.41, 5.74) is 2.78. The third-order valence-electron chi connectivity index (χ3n) is 3.30. The Bertz CT molecular complexity index is 714. The highest BCUT2D eigenvalue weighted by Gasteiger charge is 2.17.